The summed E-state index contributed by atoms with van der Waals surface area (Å²) in [5.41, 5.74) is 0.929. The van der Waals surface area contributed by atoms with E-state index < -0.39 is 28.3 Å². The van der Waals surface area contributed by atoms with Crippen LogP contribution in [-0.2, 0) is 14.6 Å². The Balaban J connectivity index is 1.36. The molecule has 2 fully saturated rings. The van der Waals surface area contributed by atoms with Gasteiger partial charge in [0.15, 0.2) is 9.84 Å². The molecule has 1 amide bonds. The van der Waals surface area contributed by atoms with Crippen molar-refractivity contribution >= 4 is 21.4 Å². The molecule has 32 heavy (non-hydrogen) atoms. The normalized spacial score (nSPS) is 23.2. The standard InChI is InChI=1S/C22H32F3N3O3S/c1-32(30,31)20-4-2-3-19(15-20)28-13-11-27(12-14-28)10-9-17-5-7-18(8-6-17)26-21(29)16-22(23,24)25/h2-4,15,17-18H,5-14,16H2,1H3,(H,26,29)/t17-,18-. The summed E-state index contributed by atoms with van der Waals surface area (Å²) in [6, 6.07) is 6.92. The molecule has 0 bridgehead atoms. The van der Waals surface area contributed by atoms with Crippen molar-refractivity contribution in [2.75, 3.05) is 43.9 Å². The topological polar surface area (TPSA) is 69.7 Å². The van der Waals surface area contributed by atoms with E-state index in [4.69, 9.17) is 0 Å². The number of nitrogens with one attached hydrogen (secondary N) is 1. The zero-order chi connectivity index (χ0) is 23.4. The first-order chi connectivity index (χ1) is 15.0. The highest BCUT2D eigenvalue weighted by Gasteiger charge is 2.32. The maximum absolute atomic E-state index is 12.3. The molecule has 1 aliphatic heterocycles. The predicted molar refractivity (Wildman–Crippen MR) is 117 cm³/mol. The third-order valence-electron chi connectivity index (χ3n) is 6.41. The van der Waals surface area contributed by atoms with Gasteiger partial charge >= 0.3 is 6.18 Å². The second-order valence-electron chi connectivity index (χ2n) is 8.96. The minimum Gasteiger partial charge on any atom is -0.369 e. The monoisotopic (exact) mass is 475 g/mol. The SMILES string of the molecule is CS(=O)(=O)c1cccc(N2CCN(CC[C@H]3CC[C@H](NC(=O)CC(F)(F)F)CC3)CC2)c1. The number of hydrogen-bond donors (Lipinski definition) is 1. The number of amides is 1. The fourth-order valence-corrected chi connectivity index (χ4v) is 5.22. The second-order valence-corrected chi connectivity index (χ2v) is 11.0. The maximum Gasteiger partial charge on any atom is 0.397 e. The van der Waals surface area contributed by atoms with Gasteiger partial charge in [0.1, 0.15) is 6.42 Å². The molecule has 1 aromatic rings. The molecule has 1 aromatic carbocycles. The van der Waals surface area contributed by atoms with Crippen molar-refractivity contribution in [1.82, 2.24) is 10.2 Å². The zero-order valence-electron chi connectivity index (χ0n) is 18.4. The van der Waals surface area contributed by atoms with Crippen LogP contribution in [0.3, 0.4) is 0 Å². The number of sulfone groups is 1. The van der Waals surface area contributed by atoms with Gasteiger partial charge in [-0.05, 0) is 62.8 Å². The molecule has 2 aliphatic rings. The minimum absolute atomic E-state index is 0.146. The zero-order valence-corrected chi connectivity index (χ0v) is 19.2. The van der Waals surface area contributed by atoms with E-state index in [2.05, 4.69) is 15.1 Å². The second kappa shape index (κ2) is 10.4. The molecule has 6 nitrogen and oxygen atoms in total. The van der Waals surface area contributed by atoms with Crippen molar-refractivity contribution in [3.05, 3.63) is 24.3 Å². The molecule has 1 saturated heterocycles. The van der Waals surface area contributed by atoms with Crippen molar-refractivity contribution in [1.29, 1.82) is 0 Å². The third-order valence-corrected chi connectivity index (χ3v) is 7.52. The highest BCUT2D eigenvalue weighted by atomic mass is 32.2. The molecule has 10 heteroatoms. The Bertz CT molecular complexity index is 876. The fourth-order valence-electron chi connectivity index (χ4n) is 4.56. The van der Waals surface area contributed by atoms with E-state index in [1.54, 1.807) is 18.2 Å². The predicted octanol–water partition coefficient (Wildman–Crippen LogP) is 3.23. The lowest BCUT2D eigenvalue weighted by atomic mass is 9.84. The van der Waals surface area contributed by atoms with E-state index >= 15 is 0 Å². The summed E-state index contributed by atoms with van der Waals surface area (Å²) in [4.78, 5) is 16.4. The quantitative estimate of drug-likeness (QED) is 0.656. The first kappa shape index (κ1) is 24.8. The van der Waals surface area contributed by atoms with E-state index in [0.717, 1.165) is 70.5 Å². The lowest BCUT2D eigenvalue weighted by Gasteiger charge is -2.37. The molecule has 1 saturated carbocycles. The molecular weight excluding hydrogens is 443 g/mol. The van der Waals surface area contributed by atoms with Crippen LogP contribution in [0.1, 0.15) is 38.5 Å². The Hall–Kier alpha value is -1.81. The largest absolute Gasteiger partial charge is 0.397 e. The molecule has 1 aliphatic carbocycles. The van der Waals surface area contributed by atoms with Crippen LogP contribution in [0.4, 0.5) is 18.9 Å². The van der Waals surface area contributed by atoms with Crippen molar-refractivity contribution in [3.8, 4) is 0 Å². The van der Waals surface area contributed by atoms with Crippen LogP contribution in [0, 0.1) is 5.92 Å². The van der Waals surface area contributed by atoms with Gasteiger partial charge in [-0.25, -0.2) is 8.42 Å². The highest BCUT2D eigenvalue weighted by molar-refractivity contribution is 7.90. The molecule has 0 spiro atoms. The highest BCUT2D eigenvalue weighted by Crippen LogP contribution is 2.28. The Labute approximate surface area is 188 Å². The van der Waals surface area contributed by atoms with E-state index in [9.17, 15) is 26.4 Å². The van der Waals surface area contributed by atoms with Gasteiger partial charge in [0, 0.05) is 44.2 Å². The van der Waals surface area contributed by atoms with E-state index in [1.807, 2.05) is 6.07 Å². The number of anilines is 1. The van der Waals surface area contributed by atoms with Gasteiger partial charge in [0.25, 0.3) is 0 Å². The van der Waals surface area contributed by atoms with Gasteiger partial charge in [-0.3, -0.25) is 9.69 Å². The number of nitrogens with zero attached hydrogens (tertiary/aromatic N) is 2. The van der Waals surface area contributed by atoms with Gasteiger partial charge in [0.05, 0.1) is 4.90 Å². The Morgan fingerprint density at radius 3 is 2.34 bits per heavy atom. The van der Waals surface area contributed by atoms with Crippen LogP contribution in [0.15, 0.2) is 29.2 Å². The first-order valence-corrected chi connectivity index (χ1v) is 13.0. The van der Waals surface area contributed by atoms with Crippen LogP contribution in [0.25, 0.3) is 0 Å². The Morgan fingerprint density at radius 2 is 1.75 bits per heavy atom. The number of piperazine rings is 1. The molecule has 0 unspecified atom stereocenters. The molecule has 0 radical (unpaired) electrons. The van der Waals surface area contributed by atoms with Crippen LogP contribution in [0.5, 0.6) is 0 Å². The van der Waals surface area contributed by atoms with Crippen LogP contribution in [0.2, 0.25) is 0 Å². The third kappa shape index (κ3) is 7.65. The number of halogens is 3. The average molecular weight is 476 g/mol. The van der Waals surface area contributed by atoms with E-state index in [1.165, 1.54) is 6.26 Å². The van der Waals surface area contributed by atoms with E-state index in [-0.39, 0.29) is 6.04 Å². The summed E-state index contributed by atoms with van der Waals surface area (Å²) in [6.07, 6.45) is -0.276. The molecule has 1 N–H and O–H groups in total. The lowest BCUT2D eigenvalue weighted by molar-refractivity contribution is -0.154. The van der Waals surface area contributed by atoms with Gasteiger partial charge < -0.3 is 10.2 Å². The number of carbonyl (C=O) groups excluding carboxylic acids is 1. The lowest BCUT2D eigenvalue weighted by Crippen LogP contribution is -2.47. The first-order valence-electron chi connectivity index (χ1n) is 11.1. The molecule has 0 aromatic heterocycles. The van der Waals surface area contributed by atoms with Gasteiger partial charge in [-0.1, -0.05) is 6.07 Å². The number of rotatable bonds is 7. The van der Waals surface area contributed by atoms with Crippen LogP contribution < -0.4 is 10.2 Å². The van der Waals surface area contributed by atoms with Crippen molar-refractivity contribution < 1.29 is 26.4 Å². The number of carbonyl (C=O) groups is 1. The molecule has 180 valence electrons. The van der Waals surface area contributed by atoms with Crippen LogP contribution >= 0.6 is 0 Å². The van der Waals surface area contributed by atoms with Gasteiger partial charge in [0.2, 0.25) is 5.91 Å². The Kier molecular flexibility index (Phi) is 8.08. The summed E-state index contributed by atoms with van der Waals surface area (Å²) in [6.45, 7) is 4.47. The van der Waals surface area contributed by atoms with Crippen molar-refractivity contribution in [3.63, 3.8) is 0 Å². The average Bonchev–Trinajstić information content (AvgIpc) is 2.72. The minimum atomic E-state index is -4.46. The maximum atomic E-state index is 12.3. The molecule has 3 rings (SSSR count). The number of alkyl halides is 3. The van der Waals surface area contributed by atoms with Crippen molar-refractivity contribution in [2.45, 2.75) is 55.6 Å². The number of benzene rings is 1. The smallest absolute Gasteiger partial charge is 0.369 e. The summed E-state index contributed by atoms with van der Waals surface area (Å²) in [5.74, 6) is -0.392. The summed E-state index contributed by atoms with van der Waals surface area (Å²) >= 11 is 0. The summed E-state index contributed by atoms with van der Waals surface area (Å²) in [5, 5.41) is 2.52. The van der Waals surface area contributed by atoms with Gasteiger partial charge in [-0.2, -0.15) is 13.2 Å². The Morgan fingerprint density at radius 1 is 1.09 bits per heavy atom. The summed E-state index contributed by atoms with van der Waals surface area (Å²) < 4.78 is 60.5. The molecule has 1 heterocycles. The van der Waals surface area contributed by atoms with Crippen LogP contribution in [-0.4, -0.2) is 70.4 Å². The fraction of sp³-hybridized carbons (Fsp3) is 0.682. The van der Waals surface area contributed by atoms with Crippen molar-refractivity contribution in [2.24, 2.45) is 5.92 Å². The number of hydrogen-bond acceptors (Lipinski definition) is 5. The van der Waals surface area contributed by atoms with Gasteiger partial charge in [-0.15, -0.1) is 0 Å². The van der Waals surface area contributed by atoms with E-state index in [0.29, 0.717) is 10.8 Å². The molecule has 0 atom stereocenters. The molecular formula is C22H32F3N3O3S. The summed E-state index contributed by atoms with van der Waals surface area (Å²) in [7, 11) is -3.23.